The molecule has 0 saturated heterocycles. The van der Waals surface area contributed by atoms with E-state index in [4.69, 9.17) is 17.3 Å². The summed E-state index contributed by atoms with van der Waals surface area (Å²) < 4.78 is 0. The van der Waals surface area contributed by atoms with Gasteiger partial charge in [-0.25, -0.2) is 0 Å². The molecule has 0 bridgehead atoms. The highest BCUT2D eigenvalue weighted by atomic mass is 33.1. The van der Waals surface area contributed by atoms with Crippen molar-refractivity contribution in [2.75, 3.05) is 0 Å². The van der Waals surface area contributed by atoms with E-state index in [9.17, 15) is 0 Å². The molecule has 0 radical (unpaired) electrons. The molecule has 1 heterocycles. The molecule has 14 heavy (non-hydrogen) atoms. The third-order valence-corrected chi connectivity index (χ3v) is 4.95. The SMILES string of the molecule is Oc1ccc(C2=CC(C=S)SS2)cc1. The first-order chi connectivity index (χ1) is 6.79. The zero-order valence-electron chi connectivity index (χ0n) is 7.21. The van der Waals surface area contributed by atoms with Gasteiger partial charge >= 0.3 is 0 Å². The van der Waals surface area contributed by atoms with Crippen LogP contribution in [-0.2, 0) is 0 Å². The van der Waals surface area contributed by atoms with Crippen LogP contribution in [0.25, 0.3) is 4.91 Å². The zero-order valence-corrected chi connectivity index (χ0v) is 9.66. The van der Waals surface area contributed by atoms with Crippen LogP contribution in [0.4, 0.5) is 0 Å². The molecule has 0 amide bonds. The molecule has 1 aromatic carbocycles. The lowest BCUT2D eigenvalue weighted by atomic mass is 10.2. The third kappa shape index (κ3) is 2.13. The highest BCUT2D eigenvalue weighted by Gasteiger charge is 2.16. The molecular weight excluding hydrogens is 232 g/mol. The monoisotopic (exact) mass is 240 g/mol. The molecule has 1 nitrogen and oxygen atoms in total. The Morgan fingerprint density at radius 2 is 2.00 bits per heavy atom. The van der Waals surface area contributed by atoms with Gasteiger partial charge < -0.3 is 5.11 Å². The van der Waals surface area contributed by atoms with E-state index >= 15 is 0 Å². The summed E-state index contributed by atoms with van der Waals surface area (Å²) in [6.07, 6.45) is 2.15. The van der Waals surface area contributed by atoms with Crippen molar-refractivity contribution in [3.8, 4) is 5.75 Å². The van der Waals surface area contributed by atoms with Crippen molar-refractivity contribution in [2.24, 2.45) is 0 Å². The van der Waals surface area contributed by atoms with Gasteiger partial charge in [-0.1, -0.05) is 52.0 Å². The van der Waals surface area contributed by atoms with Gasteiger partial charge in [0.1, 0.15) is 5.75 Å². The highest BCUT2D eigenvalue weighted by molar-refractivity contribution is 8.81. The highest BCUT2D eigenvalue weighted by Crippen LogP contribution is 2.46. The molecular formula is C10H8OS3. The summed E-state index contributed by atoms with van der Waals surface area (Å²) in [5.74, 6) is 0.302. The molecule has 1 unspecified atom stereocenters. The fourth-order valence-corrected chi connectivity index (χ4v) is 4.01. The van der Waals surface area contributed by atoms with Crippen LogP contribution in [0, 0.1) is 0 Å². The molecule has 1 N–H and O–H groups in total. The van der Waals surface area contributed by atoms with E-state index in [1.165, 1.54) is 4.91 Å². The van der Waals surface area contributed by atoms with Crippen LogP contribution in [0.5, 0.6) is 5.75 Å². The van der Waals surface area contributed by atoms with Gasteiger partial charge in [0.05, 0.1) is 5.25 Å². The Morgan fingerprint density at radius 3 is 2.57 bits per heavy atom. The second-order valence-electron chi connectivity index (χ2n) is 2.86. The maximum absolute atomic E-state index is 9.14. The van der Waals surface area contributed by atoms with E-state index in [1.54, 1.807) is 39.1 Å². The third-order valence-electron chi connectivity index (χ3n) is 1.85. The minimum absolute atomic E-state index is 0.302. The predicted molar refractivity (Wildman–Crippen MR) is 68.7 cm³/mol. The summed E-state index contributed by atoms with van der Waals surface area (Å²) in [6.45, 7) is 0. The van der Waals surface area contributed by atoms with Crippen LogP contribution >= 0.6 is 33.8 Å². The molecule has 4 heteroatoms. The summed E-state index contributed by atoms with van der Waals surface area (Å²) in [6, 6.07) is 7.24. The topological polar surface area (TPSA) is 20.2 Å². The Kier molecular flexibility index (Phi) is 3.15. The number of thiocarbonyl (C=S) groups is 1. The average molecular weight is 240 g/mol. The summed E-state index contributed by atoms with van der Waals surface area (Å²) in [5.41, 5.74) is 1.14. The van der Waals surface area contributed by atoms with Gasteiger partial charge in [0.25, 0.3) is 0 Å². The van der Waals surface area contributed by atoms with Crippen molar-refractivity contribution in [1.82, 2.24) is 0 Å². The van der Waals surface area contributed by atoms with Crippen LogP contribution in [0.2, 0.25) is 0 Å². The first-order valence-electron chi connectivity index (χ1n) is 4.09. The van der Waals surface area contributed by atoms with Crippen molar-refractivity contribution in [3.05, 3.63) is 35.9 Å². The first-order valence-corrected chi connectivity index (χ1v) is 6.78. The molecule has 0 fully saturated rings. The lowest BCUT2D eigenvalue weighted by Gasteiger charge is -1.99. The van der Waals surface area contributed by atoms with Gasteiger partial charge in [-0.3, -0.25) is 0 Å². The summed E-state index contributed by atoms with van der Waals surface area (Å²) in [7, 11) is 3.48. The van der Waals surface area contributed by atoms with E-state index in [0.29, 0.717) is 11.0 Å². The number of benzene rings is 1. The predicted octanol–water partition coefficient (Wildman–Crippen LogP) is 3.50. The Balaban J connectivity index is 2.24. The fourth-order valence-electron chi connectivity index (χ4n) is 1.14. The molecule has 0 aromatic heterocycles. The van der Waals surface area contributed by atoms with Crippen molar-refractivity contribution >= 4 is 44.1 Å². The number of phenolic OH excluding ortho intramolecular Hbond substituents is 1. The van der Waals surface area contributed by atoms with E-state index in [-0.39, 0.29) is 0 Å². The minimum Gasteiger partial charge on any atom is -0.508 e. The van der Waals surface area contributed by atoms with Gasteiger partial charge in [-0.15, -0.1) is 0 Å². The molecule has 0 saturated carbocycles. The number of rotatable bonds is 2. The number of phenols is 1. The molecule has 1 aliphatic rings. The zero-order chi connectivity index (χ0) is 9.97. The smallest absolute Gasteiger partial charge is 0.115 e. The molecule has 0 spiro atoms. The minimum atomic E-state index is 0.302. The summed E-state index contributed by atoms with van der Waals surface area (Å²) in [4.78, 5) is 1.22. The second kappa shape index (κ2) is 4.38. The van der Waals surface area contributed by atoms with Gasteiger partial charge in [-0.2, -0.15) is 0 Å². The average Bonchev–Trinajstić information content (AvgIpc) is 2.67. The number of aromatic hydroxyl groups is 1. The lowest BCUT2D eigenvalue weighted by molar-refractivity contribution is 0.475. The van der Waals surface area contributed by atoms with Crippen LogP contribution in [0.3, 0.4) is 0 Å². The molecule has 2 rings (SSSR count). The largest absolute Gasteiger partial charge is 0.508 e. The second-order valence-corrected chi connectivity index (χ2v) is 5.55. The lowest BCUT2D eigenvalue weighted by Crippen LogP contribution is -1.90. The van der Waals surface area contributed by atoms with E-state index in [1.807, 2.05) is 12.1 Å². The van der Waals surface area contributed by atoms with Crippen molar-refractivity contribution in [3.63, 3.8) is 0 Å². The molecule has 0 aliphatic carbocycles. The molecule has 72 valence electrons. The van der Waals surface area contributed by atoms with Gasteiger partial charge in [-0.05, 0) is 23.1 Å². The number of hydrogen-bond acceptors (Lipinski definition) is 4. The Hall–Kier alpha value is -0.450. The Labute approximate surface area is 96.0 Å². The van der Waals surface area contributed by atoms with Crippen LogP contribution in [0.15, 0.2) is 30.3 Å². The summed E-state index contributed by atoms with van der Waals surface area (Å²) in [5, 5.41) is 11.2. The molecule has 1 aliphatic heterocycles. The van der Waals surface area contributed by atoms with Crippen LogP contribution < -0.4 is 0 Å². The quantitative estimate of drug-likeness (QED) is 0.630. The first kappa shape index (κ1) is 10.1. The van der Waals surface area contributed by atoms with Crippen molar-refractivity contribution < 1.29 is 5.11 Å². The standard InChI is InChI=1S/C10H8OS3/c11-8-3-1-7(2-4-8)10-5-9(6-12)13-14-10/h1-6,9,11H. The molecule has 1 atom stereocenters. The van der Waals surface area contributed by atoms with Crippen molar-refractivity contribution in [1.29, 1.82) is 0 Å². The van der Waals surface area contributed by atoms with Crippen molar-refractivity contribution in [2.45, 2.75) is 5.25 Å². The molecule has 1 aromatic rings. The van der Waals surface area contributed by atoms with E-state index in [2.05, 4.69) is 6.08 Å². The fraction of sp³-hybridized carbons (Fsp3) is 0.100. The van der Waals surface area contributed by atoms with E-state index < -0.39 is 0 Å². The van der Waals surface area contributed by atoms with Crippen LogP contribution in [0.1, 0.15) is 5.56 Å². The van der Waals surface area contributed by atoms with Gasteiger partial charge in [0.2, 0.25) is 0 Å². The van der Waals surface area contributed by atoms with Gasteiger partial charge in [0.15, 0.2) is 0 Å². The number of hydrogen-bond donors (Lipinski definition) is 1. The van der Waals surface area contributed by atoms with E-state index in [0.717, 1.165) is 5.56 Å². The Morgan fingerprint density at radius 1 is 1.29 bits per heavy atom. The maximum atomic E-state index is 9.14. The summed E-state index contributed by atoms with van der Waals surface area (Å²) >= 11 is 4.89. The van der Waals surface area contributed by atoms with Crippen LogP contribution in [-0.4, -0.2) is 15.7 Å². The Bertz CT molecular complexity index is 369. The normalized spacial score (nSPS) is 20.6. The maximum Gasteiger partial charge on any atom is 0.115 e. The van der Waals surface area contributed by atoms with Gasteiger partial charge in [0, 0.05) is 4.91 Å².